The van der Waals surface area contributed by atoms with Gasteiger partial charge in [0.2, 0.25) is 0 Å². The van der Waals surface area contributed by atoms with Crippen molar-refractivity contribution in [2.24, 2.45) is 0 Å². The molecule has 0 aromatic carbocycles. The molecule has 18 unspecified atom stereocenters. The summed E-state index contributed by atoms with van der Waals surface area (Å²) in [5.41, 5.74) is 0. The quantitative estimate of drug-likeness (QED) is 0.00886. The lowest BCUT2D eigenvalue weighted by atomic mass is 9.84. The molecule has 2 heterocycles. The second-order valence-corrected chi connectivity index (χ2v) is 29.1. The van der Waals surface area contributed by atoms with Gasteiger partial charge in [0.1, 0.15) is 98.7 Å². The molecular weight excluding hydrogens is 1300 g/mol. The highest BCUT2D eigenvalue weighted by molar-refractivity contribution is 7.47. The summed E-state index contributed by atoms with van der Waals surface area (Å²) in [6.45, 7) is 3.43. The second-order valence-electron chi connectivity index (χ2n) is 27.7. The van der Waals surface area contributed by atoms with Gasteiger partial charge in [0.05, 0.1) is 13.2 Å². The van der Waals surface area contributed by atoms with Crippen LogP contribution < -0.4 is 0 Å². The summed E-state index contributed by atoms with van der Waals surface area (Å²) in [4.78, 5) is 51.0. The highest BCUT2D eigenvalue weighted by atomic mass is 31.2. The Morgan fingerprint density at radius 1 is 0.384 bits per heavy atom. The Morgan fingerprint density at radius 3 is 1.11 bits per heavy atom. The van der Waals surface area contributed by atoms with Gasteiger partial charge in [-0.15, -0.1) is 0 Å². The average Bonchev–Trinajstić information content (AvgIpc) is 0.762. The van der Waals surface area contributed by atoms with Crippen LogP contribution in [-0.2, 0) is 61.2 Å². The van der Waals surface area contributed by atoms with Crippen molar-refractivity contribution in [3.05, 3.63) is 24.3 Å². The molecular formula is C74H135O24P. The van der Waals surface area contributed by atoms with Crippen molar-refractivity contribution >= 4 is 25.7 Å². The molecule has 0 aromatic heterocycles. The number of aliphatic hydroxyl groups excluding tert-OH is 10. The fourth-order valence-electron chi connectivity index (χ4n) is 12.6. The van der Waals surface area contributed by atoms with Crippen LogP contribution in [0.25, 0.3) is 0 Å². The Morgan fingerprint density at radius 2 is 0.707 bits per heavy atom. The normalized spacial score (nSPS) is 27.6. The van der Waals surface area contributed by atoms with Gasteiger partial charge >= 0.3 is 25.7 Å². The topological polar surface area (TPSA) is 374 Å². The van der Waals surface area contributed by atoms with Gasteiger partial charge in [0.25, 0.3) is 0 Å². The zero-order valence-corrected chi connectivity index (χ0v) is 61.4. The molecule has 99 heavy (non-hydrogen) atoms. The van der Waals surface area contributed by atoms with Gasteiger partial charge in [-0.3, -0.25) is 23.4 Å². The van der Waals surface area contributed by atoms with E-state index in [1.54, 1.807) is 0 Å². The van der Waals surface area contributed by atoms with Gasteiger partial charge in [-0.1, -0.05) is 231 Å². The zero-order valence-electron chi connectivity index (χ0n) is 60.5. The molecule has 25 heteroatoms. The minimum absolute atomic E-state index is 0.0309. The molecule has 3 fully saturated rings. The van der Waals surface area contributed by atoms with E-state index in [1.807, 2.05) is 0 Å². The van der Waals surface area contributed by atoms with Crippen molar-refractivity contribution in [3.8, 4) is 0 Å². The standard InChI is InChI=1S/C74H135O24P/c1-4-7-10-13-16-19-22-25-28-31-33-36-39-42-45-48-58(76)90-52-55(93-60(78)50-47-44-41-38-35-30-27-24-21-18-15-12-9-6-3)53-92-99(88,89)98-72-70(96-73-68(86)63(81)61(79)56(51-75)94-73)66(84)65(83)67(85)71(72)97-74-69(87)64(82)62(80)57(95-74)54-91-59(77)49-46-43-40-37-34-32-29-26-23-20-17-14-11-8-5-2/h19,22,30,35,55-57,61-75,79-87H,4-18,20-21,23-29,31-34,36-54H2,1-3H3,(H,88,89)/b22-19-,35-30-. The third kappa shape index (κ3) is 38.9. The van der Waals surface area contributed by atoms with E-state index in [-0.39, 0.29) is 19.3 Å². The molecule has 18 atom stereocenters. The number of phosphoric ester groups is 1. The summed E-state index contributed by atoms with van der Waals surface area (Å²) in [7, 11) is -5.70. The molecule has 3 rings (SSSR count). The Balaban J connectivity index is 1.73. The number of hydrogen-bond acceptors (Lipinski definition) is 23. The van der Waals surface area contributed by atoms with Crippen LogP contribution in [-0.4, -0.2) is 204 Å². The minimum atomic E-state index is -5.70. The molecule has 0 bridgehead atoms. The summed E-state index contributed by atoms with van der Waals surface area (Å²) in [6.07, 6.45) is 16.6. The highest BCUT2D eigenvalue weighted by Crippen LogP contribution is 2.49. The third-order valence-corrected chi connectivity index (χ3v) is 19.9. The Hall–Kier alpha value is -2.56. The van der Waals surface area contributed by atoms with E-state index in [4.69, 9.17) is 42.2 Å². The van der Waals surface area contributed by atoms with Crippen molar-refractivity contribution in [3.63, 3.8) is 0 Å². The SMILES string of the molecule is CCCCCC/C=C\CCCCCCCCCC(=O)OCC(COP(=O)(O)OC1C(OC2OC(CO)C(O)C(O)C2O)C(O)C(O)C(O)C1OC1OC(COC(=O)CCCCCCCCCCCCCCCCC)C(O)C(O)C1O)OC(=O)CCCCC/C=C\CCCCCCCCC. The highest BCUT2D eigenvalue weighted by Gasteiger charge is 2.58. The van der Waals surface area contributed by atoms with Gasteiger partial charge in [0, 0.05) is 19.3 Å². The van der Waals surface area contributed by atoms with E-state index in [1.165, 1.54) is 122 Å². The number of aliphatic hydroxyl groups is 10. The first-order valence-electron chi connectivity index (χ1n) is 38.6. The number of carbonyl (C=O) groups is 3. The van der Waals surface area contributed by atoms with E-state index in [2.05, 4.69) is 45.1 Å². The summed E-state index contributed by atoms with van der Waals surface area (Å²) in [5.74, 6) is -2.01. The number of hydrogen-bond donors (Lipinski definition) is 11. The van der Waals surface area contributed by atoms with E-state index in [0.717, 1.165) is 109 Å². The molecule has 0 aromatic rings. The number of carbonyl (C=O) groups excluding carboxylic acids is 3. The molecule has 580 valence electrons. The summed E-state index contributed by atoms with van der Waals surface area (Å²) < 4.78 is 65.0. The van der Waals surface area contributed by atoms with Crippen LogP contribution in [0.5, 0.6) is 0 Å². The van der Waals surface area contributed by atoms with Gasteiger partial charge in [-0.05, 0) is 70.6 Å². The fraction of sp³-hybridized carbons (Fsp3) is 0.905. The van der Waals surface area contributed by atoms with E-state index < -0.39 is 156 Å². The van der Waals surface area contributed by atoms with E-state index in [0.29, 0.717) is 25.7 Å². The molecule has 0 amide bonds. The maximum absolute atomic E-state index is 14.3. The number of unbranched alkanes of at least 4 members (excludes halogenated alkanes) is 35. The fourth-order valence-corrected chi connectivity index (χ4v) is 13.6. The van der Waals surface area contributed by atoms with Crippen LogP contribution in [0.1, 0.15) is 297 Å². The van der Waals surface area contributed by atoms with Gasteiger partial charge < -0.3 is 89.1 Å². The number of esters is 3. The number of rotatable bonds is 60. The van der Waals surface area contributed by atoms with Crippen LogP contribution >= 0.6 is 7.82 Å². The van der Waals surface area contributed by atoms with Crippen molar-refractivity contribution in [2.75, 3.05) is 26.4 Å². The lowest BCUT2D eigenvalue weighted by Crippen LogP contribution is -2.69. The van der Waals surface area contributed by atoms with E-state index >= 15 is 0 Å². The van der Waals surface area contributed by atoms with Crippen LogP contribution in [0.2, 0.25) is 0 Å². The lowest BCUT2D eigenvalue weighted by molar-refractivity contribution is -0.360. The maximum atomic E-state index is 14.3. The lowest BCUT2D eigenvalue weighted by Gasteiger charge is -2.49. The summed E-state index contributed by atoms with van der Waals surface area (Å²) in [6, 6.07) is 0. The zero-order chi connectivity index (χ0) is 72.5. The molecule has 3 aliphatic rings. The Kier molecular flexibility index (Phi) is 51.2. The molecule has 0 radical (unpaired) electrons. The van der Waals surface area contributed by atoms with Crippen molar-refractivity contribution < 1.29 is 117 Å². The van der Waals surface area contributed by atoms with Crippen LogP contribution in [0.4, 0.5) is 0 Å². The average molecular weight is 1440 g/mol. The third-order valence-electron chi connectivity index (χ3n) is 19.0. The summed E-state index contributed by atoms with van der Waals surface area (Å²) in [5, 5.41) is 110. The first-order chi connectivity index (χ1) is 47.8. The monoisotopic (exact) mass is 1440 g/mol. The minimum Gasteiger partial charge on any atom is -0.463 e. The number of ether oxygens (including phenoxy) is 7. The molecule has 1 saturated carbocycles. The largest absolute Gasteiger partial charge is 0.472 e. The first-order valence-corrected chi connectivity index (χ1v) is 40.1. The van der Waals surface area contributed by atoms with Crippen molar-refractivity contribution in [1.29, 1.82) is 0 Å². The van der Waals surface area contributed by atoms with Crippen LogP contribution in [0.3, 0.4) is 0 Å². The molecule has 24 nitrogen and oxygen atoms in total. The molecule has 0 spiro atoms. The predicted molar refractivity (Wildman–Crippen MR) is 374 cm³/mol. The maximum Gasteiger partial charge on any atom is 0.472 e. The molecule has 2 aliphatic heterocycles. The summed E-state index contributed by atoms with van der Waals surface area (Å²) >= 11 is 0. The predicted octanol–water partition coefficient (Wildman–Crippen LogP) is 10.9. The first kappa shape index (κ1) is 90.7. The van der Waals surface area contributed by atoms with Crippen LogP contribution in [0, 0.1) is 0 Å². The Labute approximate surface area is 592 Å². The van der Waals surface area contributed by atoms with Gasteiger partial charge in [0.15, 0.2) is 18.7 Å². The number of allylic oxidation sites excluding steroid dienone is 4. The molecule has 2 saturated heterocycles. The van der Waals surface area contributed by atoms with Crippen LogP contribution in [0.15, 0.2) is 24.3 Å². The smallest absolute Gasteiger partial charge is 0.463 e. The molecule has 1 aliphatic carbocycles. The van der Waals surface area contributed by atoms with Gasteiger partial charge in [-0.2, -0.15) is 0 Å². The van der Waals surface area contributed by atoms with Crippen molar-refractivity contribution in [2.45, 2.75) is 401 Å². The second kappa shape index (κ2) is 55.9. The van der Waals surface area contributed by atoms with E-state index in [9.17, 15) is 74.9 Å². The Bertz CT molecular complexity index is 2140. The molecule has 11 N–H and O–H groups in total. The van der Waals surface area contributed by atoms with Gasteiger partial charge in [-0.25, -0.2) is 4.57 Å². The number of phosphoric acid groups is 1. The van der Waals surface area contributed by atoms with Crippen molar-refractivity contribution in [1.82, 2.24) is 0 Å².